The molecule has 2 rings (SSSR count). The Balaban J connectivity index is 1.75. The Kier molecular flexibility index (Phi) is 3.14. The molecule has 2 N–H and O–H groups in total. The smallest absolute Gasteiger partial charge is 0.0284 e. The Morgan fingerprint density at radius 3 is 2.80 bits per heavy atom. The summed E-state index contributed by atoms with van der Waals surface area (Å²) < 4.78 is 0. The summed E-state index contributed by atoms with van der Waals surface area (Å²) in [6.45, 7) is 4.37. The van der Waals surface area contributed by atoms with Crippen molar-refractivity contribution in [3.05, 3.63) is 21.9 Å². The Morgan fingerprint density at radius 2 is 2.27 bits per heavy atom. The van der Waals surface area contributed by atoms with Gasteiger partial charge in [0.1, 0.15) is 0 Å². The number of likely N-dealkylation sites (N-methyl/N-ethyl adjacent to an activating group) is 1. The zero-order chi connectivity index (χ0) is 10.9. The van der Waals surface area contributed by atoms with Crippen LogP contribution in [0.2, 0.25) is 0 Å². The van der Waals surface area contributed by atoms with Crippen LogP contribution in [0.4, 0.5) is 0 Å². The largest absolute Gasteiger partial charge is 0.324 e. The molecule has 1 heterocycles. The highest BCUT2D eigenvalue weighted by Crippen LogP contribution is 2.32. The Bertz CT molecular complexity index is 328. The van der Waals surface area contributed by atoms with Crippen LogP contribution in [0.5, 0.6) is 0 Å². The van der Waals surface area contributed by atoms with Gasteiger partial charge >= 0.3 is 0 Å². The summed E-state index contributed by atoms with van der Waals surface area (Å²) in [5.74, 6) is 0. The number of hydrogen-bond donors (Lipinski definition) is 1. The quantitative estimate of drug-likeness (QED) is 0.829. The van der Waals surface area contributed by atoms with E-state index in [1.807, 2.05) is 11.3 Å². The zero-order valence-corrected chi connectivity index (χ0v) is 10.4. The van der Waals surface area contributed by atoms with Gasteiger partial charge in [0.25, 0.3) is 0 Å². The second kappa shape index (κ2) is 4.24. The van der Waals surface area contributed by atoms with E-state index in [2.05, 4.69) is 30.3 Å². The molecule has 1 saturated carbocycles. The summed E-state index contributed by atoms with van der Waals surface area (Å²) >= 11 is 1.87. The number of nitrogens with two attached hydrogens (primary N) is 1. The predicted molar refractivity (Wildman–Crippen MR) is 66.4 cm³/mol. The predicted octanol–water partition coefficient (Wildman–Crippen LogP) is 2.02. The SMILES string of the molecule is Cc1ccsc1CCN(C)CC1(N)CC1. The van der Waals surface area contributed by atoms with Crippen molar-refractivity contribution in [2.75, 3.05) is 20.1 Å². The van der Waals surface area contributed by atoms with Crippen molar-refractivity contribution in [3.8, 4) is 0 Å². The van der Waals surface area contributed by atoms with Crippen LogP contribution in [-0.2, 0) is 6.42 Å². The van der Waals surface area contributed by atoms with Crippen LogP contribution < -0.4 is 5.73 Å². The van der Waals surface area contributed by atoms with Crippen molar-refractivity contribution in [2.24, 2.45) is 5.73 Å². The van der Waals surface area contributed by atoms with E-state index in [0.717, 1.165) is 19.5 Å². The average Bonchev–Trinajstić information content (AvgIpc) is 2.75. The van der Waals surface area contributed by atoms with Crippen LogP contribution in [0.3, 0.4) is 0 Å². The summed E-state index contributed by atoms with van der Waals surface area (Å²) in [5.41, 5.74) is 7.67. The van der Waals surface area contributed by atoms with E-state index < -0.39 is 0 Å². The van der Waals surface area contributed by atoms with Gasteiger partial charge in [0.15, 0.2) is 0 Å². The first kappa shape index (κ1) is 11.1. The summed E-state index contributed by atoms with van der Waals surface area (Å²) in [6, 6.07) is 2.20. The average molecular weight is 224 g/mol. The highest BCUT2D eigenvalue weighted by Gasteiger charge is 2.38. The lowest BCUT2D eigenvalue weighted by Crippen LogP contribution is -2.38. The molecule has 1 aliphatic carbocycles. The minimum Gasteiger partial charge on any atom is -0.324 e. The molecule has 0 spiro atoms. The first-order valence-corrected chi connectivity index (χ1v) is 6.47. The van der Waals surface area contributed by atoms with Crippen LogP contribution in [0, 0.1) is 6.92 Å². The van der Waals surface area contributed by atoms with Gasteiger partial charge in [-0.1, -0.05) is 0 Å². The molecule has 0 aromatic carbocycles. The third-order valence-electron chi connectivity index (χ3n) is 3.17. The van der Waals surface area contributed by atoms with Crippen molar-refractivity contribution < 1.29 is 0 Å². The molecular formula is C12H20N2S. The molecule has 84 valence electrons. The lowest BCUT2D eigenvalue weighted by molar-refractivity contribution is 0.307. The second-order valence-electron chi connectivity index (χ2n) is 4.88. The minimum absolute atomic E-state index is 0.152. The first-order chi connectivity index (χ1) is 7.09. The lowest BCUT2D eigenvalue weighted by atomic mass is 10.2. The Morgan fingerprint density at radius 1 is 1.53 bits per heavy atom. The maximum absolute atomic E-state index is 6.09. The molecule has 2 nitrogen and oxygen atoms in total. The summed E-state index contributed by atoms with van der Waals surface area (Å²) in [6.07, 6.45) is 3.57. The molecule has 0 saturated heterocycles. The lowest BCUT2D eigenvalue weighted by Gasteiger charge is -2.20. The minimum atomic E-state index is 0.152. The van der Waals surface area contributed by atoms with Crippen molar-refractivity contribution in [3.63, 3.8) is 0 Å². The molecule has 1 aromatic heterocycles. The molecule has 0 bridgehead atoms. The highest BCUT2D eigenvalue weighted by atomic mass is 32.1. The van der Waals surface area contributed by atoms with Crippen LogP contribution in [0.25, 0.3) is 0 Å². The zero-order valence-electron chi connectivity index (χ0n) is 9.62. The summed E-state index contributed by atoms with van der Waals surface area (Å²) in [7, 11) is 2.18. The Labute approximate surface area is 96.1 Å². The monoisotopic (exact) mass is 224 g/mol. The van der Waals surface area contributed by atoms with Crippen LogP contribution in [0.1, 0.15) is 23.3 Å². The molecule has 0 aliphatic heterocycles. The standard InChI is InChI=1S/C12H20N2S/c1-10-4-8-15-11(10)3-7-14(2)9-12(13)5-6-12/h4,8H,3,5-7,9,13H2,1-2H3. The highest BCUT2D eigenvalue weighted by molar-refractivity contribution is 7.10. The van der Waals surface area contributed by atoms with Crippen molar-refractivity contribution >= 4 is 11.3 Å². The maximum atomic E-state index is 6.09. The first-order valence-electron chi connectivity index (χ1n) is 5.59. The van der Waals surface area contributed by atoms with Gasteiger partial charge < -0.3 is 10.6 Å². The van der Waals surface area contributed by atoms with Gasteiger partial charge in [-0.3, -0.25) is 0 Å². The van der Waals surface area contributed by atoms with E-state index in [-0.39, 0.29) is 5.54 Å². The van der Waals surface area contributed by atoms with Gasteiger partial charge in [-0.2, -0.15) is 0 Å². The fourth-order valence-corrected chi connectivity index (χ4v) is 2.79. The number of thiophene rings is 1. The van der Waals surface area contributed by atoms with Gasteiger partial charge in [-0.25, -0.2) is 0 Å². The van der Waals surface area contributed by atoms with E-state index in [0.29, 0.717) is 0 Å². The van der Waals surface area contributed by atoms with Gasteiger partial charge in [0.05, 0.1) is 0 Å². The number of aryl methyl sites for hydroxylation is 1. The van der Waals surface area contributed by atoms with Crippen LogP contribution >= 0.6 is 11.3 Å². The van der Waals surface area contributed by atoms with E-state index >= 15 is 0 Å². The molecule has 1 aliphatic rings. The van der Waals surface area contributed by atoms with E-state index in [4.69, 9.17) is 5.73 Å². The van der Waals surface area contributed by atoms with Gasteiger partial charge in [-0.05, 0) is 50.2 Å². The van der Waals surface area contributed by atoms with Gasteiger partial charge in [-0.15, -0.1) is 11.3 Å². The van der Waals surface area contributed by atoms with Crippen molar-refractivity contribution in [1.82, 2.24) is 4.90 Å². The van der Waals surface area contributed by atoms with Crippen LogP contribution in [-0.4, -0.2) is 30.6 Å². The normalized spacial score (nSPS) is 18.4. The molecule has 15 heavy (non-hydrogen) atoms. The number of rotatable bonds is 5. The fourth-order valence-electron chi connectivity index (χ4n) is 1.89. The van der Waals surface area contributed by atoms with E-state index in [1.165, 1.54) is 23.3 Å². The van der Waals surface area contributed by atoms with Gasteiger partial charge in [0, 0.05) is 23.5 Å². The number of hydrogen-bond acceptors (Lipinski definition) is 3. The molecule has 1 aromatic rings. The molecule has 0 radical (unpaired) electrons. The number of nitrogens with zero attached hydrogens (tertiary/aromatic N) is 1. The fraction of sp³-hybridized carbons (Fsp3) is 0.667. The Hall–Kier alpha value is -0.380. The molecule has 0 atom stereocenters. The van der Waals surface area contributed by atoms with Gasteiger partial charge in [0.2, 0.25) is 0 Å². The van der Waals surface area contributed by atoms with Crippen molar-refractivity contribution in [2.45, 2.75) is 31.7 Å². The summed E-state index contributed by atoms with van der Waals surface area (Å²) in [4.78, 5) is 3.88. The molecular weight excluding hydrogens is 204 g/mol. The maximum Gasteiger partial charge on any atom is 0.0284 e. The van der Waals surface area contributed by atoms with E-state index in [9.17, 15) is 0 Å². The molecule has 3 heteroatoms. The van der Waals surface area contributed by atoms with E-state index in [1.54, 1.807) is 0 Å². The molecule has 1 fully saturated rings. The third-order valence-corrected chi connectivity index (χ3v) is 4.25. The topological polar surface area (TPSA) is 29.3 Å². The summed E-state index contributed by atoms with van der Waals surface area (Å²) in [5, 5.41) is 2.18. The van der Waals surface area contributed by atoms with Crippen molar-refractivity contribution in [1.29, 1.82) is 0 Å². The molecule has 0 amide bonds. The molecule has 0 unspecified atom stereocenters. The van der Waals surface area contributed by atoms with Crippen LogP contribution in [0.15, 0.2) is 11.4 Å². The second-order valence-corrected chi connectivity index (χ2v) is 5.88. The third kappa shape index (κ3) is 3.03.